The first kappa shape index (κ1) is 17.1. The summed E-state index contributed by atoms with van der Waals surface area (Å²) in [4.78, 5) is 23.2. The summed E-state index contributed by atoms with van der Waals surface area (Å²) in [5.41, 5.74) is 1.44. The van der Waals surface area contributed by atoms with Crippen LogP contribution in [-0.4, -0.2) is 29.7 Å². The molecule has 138 valence electrons. The van der Waals surface area contributed by atoms with Gasteiger partial charge in [-0.1, -0.05) is 26.3 Å². The first-order chi connectivity index (χ1) is 11.8. The number of hydrogen-bond donors (Lipinski definition) is 2. The highest BCUT2D eigenvalue weighted by atomic mass is 16.5. The Morgan fingerprint density at radius 3 is 2.88 bits per heavy atom. The zero-order valence-corrected chi connectivity index (χ0v) is 15.2. The van der Waals surface area contributed by atoms with Crippen molar-refractivity contribution in [3.8, 4) is 0 Å². The van der Waals surface area contributed by atoms with E-state index in [4.69, 9.17) is 9.84 Å². The third-order valence-electron chi connectivity index (χ3n) is 7.81. The first-order valence-corrected chi connectivity index (χ1v) is 9.68. The van der Waals surface area contributed by atoms with E-state index >= 15 is 0 Å². The molecule has 25 heavy (non-hydrogen) atoms. The van der Waals surface area contributed by atoms with Crippen molar-refractivity contribution in [1.82, 2.24) is 5.32 Å². The molecule has 1 heterocycles. The topological polar surface area (TPSA) is 75.6 Å². The molecule has 4 aliphatic rings. The number of allylic oxidation sites excluding steroid dienone is 2. The maximum Gasteiger partial charge on any atom is 0.329 e. The molecule has 3 fully saturated rings. The van der Waals surface area contributed by atoms with Crippen LogP contribution in [0, 0.1) is 28.6 Å². The molecule has 0 aromatic rings. The van der Waals surface area contributed by atoms with Crippen molar-refractivity contribution >= 4 is 11.9 Å². The van der Waals surface area contributed by atoms with Crippen molar-refractivity contribution in [2.75, 3.05) is 6.61 Å². The number of rotatable bonds is 3. The van der Waals surface area contributed by atoms with Gasteiger partial charge in [0.25, 0.3) is 5.91 Å². The van der Waals surface area contributed by atoms with Gasteiger partial charge in [-0.2, -0.15) is 0 Å². The molecule has 1 unspecified atom stereocenters. The molecule has 1 amide bonds. The van der Waals surface area contributed by atoms with Gasteiger partial charge in [0.15, 0.2) is 0 Å². The van der Waals surface area contributed by atoms with Crippen LogP contribution >= 0.6 is 0 Å². The van der Waals surface area contributed by atoms with E-state index in [0.29, 0.717) is 23.7 Å². The minimum absolute atomic E-state index is 0.107. The van der Waals surface area contributed by atoms with Crippen LogP contribution in [0.4, 0.5) is 0 Å². The molecule has 0 spiro atoms. The average Bonchev–Trinajstić information content (AvgIpc) is 2.95. The summed E-state index contributed by atoms with van der Waals surface area (Å²) >= 11 is 0. The molecule has 6 atom stereocenters. The lowest BCUT2D eigenvalue weighted by atomic mass is 9.50. The van der Waals surface area contributed by atoms with E-state index in [1.807, 2.05) is 0 Å². The fourth-order valence-corrected chi connectivity index (χ4v) is 6.54. The molecule has 0 bridgehead atoms. The molecule has 2 saturated carbocycles. The Bertz CT molecular complexity index is 629. The van der Waals surface area contributed by atoms with E-state index in [-0.39, 0.29) is 11.3 Å². The van der Waals surface area contributed by atoms with Gasteiger partial charge in [-0.05, 0) is 61.7 Å². The number of carboxylic acid groups (broad SMARTS) is 1. The number of amides is 1. The van der Waals surface area contributed by atoms with Gasteiger partial charge in [-0.3, -0.25) is 4.79 Å². The highest BCUT2D eigenvalue weighted by molar-refractivity contribution is 5.84. The van der Waals surface area contributed by atoms with Crippen molar-refractivity contribution in [1.29, 1.82) is 0 Å². The lowest BCUT2D eigenvalue weighted by Crippen LogP contribution is -2.57. The Labute approximate surface area is 149 Å². The van der Waals surface area contributed by atoms with Gasteiger partial charge in [-0.25, -0.2) is 4.79 Å². The zero-order valence-electron chi connectivity index (χ0n) is 15.2. The van der Waals surface area contributed by atoms with Gasteiger partial charge >= 0.3 is 5.97 Å². The summed E-state index contributed by atoms with van der Waals surface area (Å²) in [6.07, 6.45) is 9.77. The summed E-state index contributed by atoms with van der Waals surface area (Å²) in [6, 6.07) is 0. The van der Waals surface area contributed by atoms with E-state index in [0.717, 1.165) is 18.0 Å². The minimum atomic E-state index is -1.03. The molecular weight excluding hydrogens is 318 g/mol. The summed E-state index contributed by atoms with van der Waals surface area (Å²) in [7, 11) is 0. The number of piperidine rings is 1. The van der Waals surface area contributed by atoms with Crippen LogP contribution in [0.15, 0.2) is 11.8 Å². The standard InChI is InChI=1S/C20H29NO4/c1-19-8-3-4-13(19)12-5-6-16-20(2,14(12)7-9-19)10-15(18(24)21-16)25-11-17(22)23/h6,12-15H,3-5,7-11H2,1-2H3,(H,21,24)(H,22,23)/t12-,13-,14+,15?,19-,20+/m0/s1. The maximum absolute atomic E-state index is 12.3. The monoisotopic (exact) mass is 347 g/mol. The highest BCUT2D eigenvalue weighted by Crippen LogP contribution is 2.63. The van der Waals surface area contributed by atoms with Gasteiger partial charge in [0, 0.05) is 11.1 Å². The van der Waals surface area contributed by atoms with Crippen LogP contribution in [0.5, 0.6) is 0 Å². The van der Waals surface area contributed by atoms with Gasteiger partial charge in [0.2, 0.25) is 0 Å². The molecule has 0 radical (unpaired) electrons. The molecule has 1 saturated heterocycles. The fourth-order valence-electron chi connectivity index (χ4n) is 6.54. The van der Waals surface area contributed by atoms with Crippen molar-refractivity contribution in [2.45, 2.75) is 64.9 Å². The lowest BCUT2D eigenvalue weighted by molar-refractivity contribution is -0.153. The Morgan fingerprint density at radius 2 is 2.12 bits per heavy atom. The smallest absolute Gasteiger partial charge is 0.329 e. The zero-order chi connectivity index (χ0) is 17.8. The molecule has 5 heteroatoms. The molecule has 3 aliphatic carbocycles. The van der Waals surface area contributed by atoms with E-state index < -0.39 is 18.7 Å². The number of nitrogens with one attached hydrogen (secondary N) is 1. The van der Waals surface area contributed by atoms with Gasteiger partial charge in [-0.15, -0.1) is 0 Å². The number of fused-ring (bicyclic) bond motifs is 5. The van der Waals surface area contributed by atoms with Gasteiger partial charge in [0.1, 0.15) is 12.7 Å². The van der Waals surface area contributed by atoms with Crippen LogP contribution in [-0.2, 0) is 14.3 Å². The number of carbonyl (C=O) groups excluding carboxylic acids is 1. The normalized spacial score (nSPS) is 45.7. The van der Waals surface area contributed by atoms with E-state index in [9.17, 15) is 9.59 Å². The summed E-state index contributed by atoms with van der Waals surface area (Å²) in [5, 5.41) is 11.9. The predicted molar refractivity (Wildman–Crippen MR) is 92.6 cm³/mol. The maximum atomic E-state index is 12.3. The Balaban J connectivity index is 1.60. The average molecular weight is 347 g/mol. The van der Waals surface area contributed by atoms with E-state index in [1.54, 1.807) is 0 Å². The molecule has 1 aliphatic heterocycles. The van der Waals surface area contributed by atoms with Gasteiger partial charge in [0.05, 0.1) is 0 Å². The lowest BCUT2D eigenvalue weighted by Gasteiger charge is -2.57. The van der Waals surface area contributed by atoms with Crippen molar-refractivity contribution in [3.63, 3.8) is 0 Å². The SMILES string of the molecule is C[C@@]12CCC[C@H]1[C@@H]1CC=C3NC(=O)C(OCC(=O)O)C[C@]3(C)[C@@H]1CC2. The quantitative estimate of drug-likeness (QED) is 0.822. The molecule has 4 rings (SSSR count). The number of carbonyl (C=O) groups is 2. The van der Waals surface area contributed by atoms with Crippen LogP contribution in [0.25, 0.3) is 0 Å². The highest BCUT2D eigenvalue weighted by Gasteiger charge is 2.57. The second kappa shape index (κ2) is 5.83. The predicted octanol–water partition coefficient (Wildman–Crippen LogP) is 3.10. The first-order valence-electron chi connectivity index (χ1n) is 9.68. The van der Waals surface area contributed by atoms with E-state index in [1.165, 1.54) is 32.1 Å². The second-order valence-electron chi connectivity index (χ2n) is 9.12. The second-order valence-corrected chi connectivity index (χ2v) is 9.12. The van der Waals surface area contributed by atoms with Crippen LogP contribution in [0.2, 0.25) is 0 Å². The summed E-state index contributed by atoms with van der Waals surface area (Å²) in [5.74, 6) is 0.812. The Kier molecular flexibility index (Phi) is 3.98. The summed E-state index contributed by atoms with van der Waals surface area (Å²) < 4.78 is 5.42. The van der Waals surface area contributed by atoms with Gasteiger partial charge < -0.3 is 15.2 Å². The molecule has 2 N–H and O–H groups in total. The minimum Gasteiger partial charge on any atom is -0.480 e. The third-order valence-corrected chi connectivity index (χ3v) is 7.81. The molecular formula is C20H29NO4. The van der Waals surface area contributed by atoms with Crippen LogP contribution < -0.4 is 5.32 Å². The number of hydrogen-bond acceptors (Lipinski definition) is 3. The Hall–Kier alpha value is -1.36. The Morgan fingerprint density at radius 1 is 1.32 bits per heavy atom. The van der Waals surface area contributed by atoms with Crippen LogP contribution in [0.1, 0.15) is 58.8 Å². The molecule has 5 nitrogen and oxygen atoms in total. The largest absolute Gasteiger partial charge is 0.480 e. The summed E-state index contributed by atoms with van der Waals surface area (Å²) in [6.45, 7) is 4.32. The molecule has 0 aromatic heterocycles. The van der Waals surface area contributed by atoms with Crippen LogP contribution in [0.3, 0.4) is 0 Å². The fraction of sp³-hybridized carbons (Fsp3) is 0.800. The molecule has 0 aromatic carbocycles. The van der Waals surface area contributed by atoms with Crippen molar-refractivity contribution in [2.24, 2.45) is 28.6 Å². The number of aliphatic carboxylic acids is 1. The number of ether oxygens (including phenoxy) is 1. The third kappa shape index (κ3) is 2.62. The van der Waals surface area contributed by atoms with E-state index in [2.05, 4.69) is 25.2 Å². The van der Waals surface area contributed by atoms with Crippen molar-refractivity contribution < 1.29 is 19.4 Å². The van der Waals surface area contributed by atoms with Crippen molar-refractivity contribution in [3.05, 3.63) is 11.8 Å². The number of carboxylic acids is 1.